The van der Waals surface area contributed by atoms with Gasteiger partial charge in [-0.3, -0.25) is 4.90 Å². The average molecular weight is 499 g/mol. The Hall–Kier alpha value is -4.46. The van der Waals surface area contributed by atoms with Gasteiger partial charge in [-0.15, -0.1) is 0 Å². The minimum Gasteiger partial charge on any atom is -0.494 e. The van der Waals surface area contributed by atoms with Gasteiger partial charge in [0, 0.05) is 11.3 Å². The maximum absolute atomic E-state index is 14.3. The fourth-order valence-corrected chi connectivity index (χ4v) is 4.46. The number of hydrogen-bond acceptors (Lipinski definition) is 5. The van der Waals surface area contributed by atoms with Gasteiger partial charge in [-0.2, -0.15) is 4.98 Å². The van der Waals surface area contributed by atoms with E-state index in [2.05, 4.69) is 34.5 Å². The van der Waals surface area contributed by atoms with Crippen LogP contribution in [0.25, 0.3) is 17.0 Å². The monoisotopic (exact) mass is 498 g/mol. The zero-order valence-electron chi connectivity index (χ0n) is 20.9. The predicted octanol–water partition coefficient (Wildman–Crippen LogP) is 6.14. The number of carbonyl (C=O) groups excluding carboxylic acids is 1. The maximum atomic E-state index is 14.3. The summed E-state index contributed by atoms with van der Waals surface area (Å²) >= 11 is 0. The largest absolute Gasteiger partial charge is 0.494 e. The molecule has 2 amide bonds. The van der Waals surface area contributed by atoms with Crippen LogP contribution in [0.15, 0.2) is 83.0 Å². The van der Waals surface area contributed by atoms with Gasteiger partial charge in [0.15, 0.2) is 11.6 Å². The lowest BCUT2D eigenvalue weighted by atomic mass is 9.94. The van der Waals surface area contributed by atoms with E-state index >= 15 is 0 Å². The third kappa shape index (κ3) is 4.82. The first-order chi connectivity index (χ1) is 18.0. The van der Waals surface area contributed by atoms with Gasteiger partial charge in [0.25, 0.3) is 5.89 Å². The van der Waals surface area contributed by atoms with Gasteiger partial charge in [0.2, 0.25) is 5.82 Å². The van der Waals surface area contributed by atoms with E-state index in [4.69, 9.17) is 9.26 Å². The number of aryl methyl sites for hydroxylation is 1. The number of amides is 2. The van der Waals surface area contributed by atoms with E-state index in [1.165, 1.54) is 24.8 Å². The minimum atomic E-state index is -0.519. The van der Waals surface area contributed by atoms with Crippen LogP contribution in [-0.4, -0.2) is 28.2 Å². The van der Waals surface area contributed by atoms with E-state index < -0.39 is 11.9 Å². The molecule has 0 aliphatic carbocycles. The van der Waals surface area contributed by atoms with Crippen molar-refractivity contribution < 1.29 is 18.4 Å². The molecule has 0 saturated carbocycles. The van der Waals surface area contributed by atoms with E-state index in [9.17, 15) is 9.18 Å². The fraction of sp³-hybridized carbons (Fsp3) is 0.207. The highest BCUT2D eigenvalue weighted by Gasteiger charge is 2.35. The third-order valence-electron chi connectivity index (χ3n) is 6.57. The second-order valence-corrected chi connectivity index (χ2v) is 8.82. The van der Waals surface area contributed by atoms with Crippen molar-refractivity contribution in [2.45, 2.75) is 32.9 Å². The Kier molecular flexibility index (Phi) is 6.72. The van der Waals surface area contributed by atoms with Crippen LogP contribution < -0.4 is 10.1 Å². The molecule has 0 saturated heterocycles. The number of nitrogens with zero attached hydrogens (tertiary/aromatic N) is 3. The average Bonchev–Trinajstić information content (AvgIpc) is 3.41. The van der Waals surface area contributed by atoms with Crippen molar-refractivity contribution in [3.8, 4) is 17.1 Å². The molecule has 7 nitrogen and oxygen atoms in total. The lowest BCUT2D eigenvalue weighted by molar-refractivity contribution is 0.203. The van der Waals surface area contributed by atoms with Crippen molar-refractivity contribution in [2.75, 3.05) is 7.11 Å². The van der Waals surface area contributed by atoms with Crippen molar-refractivity contribution >= 4 is 11.6 Å². The van der Waals surface area contributed by atoms with Crippen molar-refractivity contribution in [1.29, 1.82) is 0 Å². The summed E-state index contributed by atoms with van der Waals surface area (Å²) in [7, 11) is 1.41. The topological polar surface area (TPSA) is 80.5 Å². The number of urea groups is 1. The molecule has 1 aliphatic rings. The van der Waals surface area contributed by atoms with E-state index in [1.54, 1.807) is 11.0 Å². The minimum absolute atomic E-state index is 0.132. The van der Waals surface area contributed by atoms with Crippen LogP contribution in [-0.2, 0) is 13.0 Å². The van der Waals surface area contributed by atoms with Gasteiger partial charge in [0.05, 0.1) is 25.3 Å². The molecule has 37 heavy (non-hydrogen) atoms. The Labute approximate surface area is 214 Å². The number of carbonyl (C=O) groups is 1. The van der Waals surface area contributed by atoms with Gasteiger partial charge in [-0.1, -0.05) is 66.7 Å². The number of halogens is 1. The molecule has 1 N–H and O–H groups in total. The van der Waals surface area contributed by atoms with Crippen LogP contribution in [0.2, 0.25) is 0 Å². The number of methoxy groups -OCH3 is 1. The molecular weight excluding hydrogens is 471 g/mol. The zero-order chi connectivity index (χ0) is 25.9. The Bertz CT molecular complexity index is 1450. The highest BCUT2D eigenvalue weighted by atomic mass is 19.1. The first-order valence-electron chi connectivity index (χ1n) is 12.1. The standard InChI is InChI=1S/C29H27FN4O3/c1-4-19-10-12-20(13-11-19)17-34-18(2)25(26(31-29(34)35)21-8-6-5-7-9-21)28-32-27(33-37-28)22-14-15-24(36-3)23(30)16-22/h5-16,26H,4,17H2,1-3H3,(H,31,35). The fourth-order valence-electron chi connectivity index (χ4n) is 4.46. The lowest BCUT2D eigenvalue weighted by Gasteiger charge is -2.35. The number of aromatic nitrogens is 2. The van der Waals surface area contributed by atoms with Crippen molar-refractivity contribution in [1.82, 2.24) is 20.4 Å². The molecule has 0 fully saturated rings. The molecule has 0 radical (unpaired) electrons. The molecule has 0 bridgehead atoms. The van der Waals surface area contributed by atoms with Gasteiger partial charge >= 0.3 is 6.03 Å². The summed E-state index contributed by atoms with van der Waals surface area (Å²) < 4.78 is 25.0. The highest BCUT2D eigenvalue weighted by Crippen LogP contribution is 2.38. The Morgan fingerprint density at radius 3 is 2.46 bits per heavy atom. The molecule has 188 valence electrons. The molecule has 1 aromatic heterocycles. The number of hydrogen-bond donors (Lipinski definition) is 1. The number of benzene rings is 3. The number of nitrogens with one attached hydrogen (secondary N) is 1. The van der Waals surface area contributed by atoms with Crippen molar-refractivity contribution in [3.63, 3.8) is 0 Å². The smallest absolute Gasteiger partial charge is 0.322 e. The van der Waals surface area contributed by atoms with Crippen molar-refractivity contribution in [2.24, 2.45) is 0 Å². The normalized spacial score (nSPS) is 15.6. The Morgan fingerprint density at radius 1 is 1.05 bits per heavy atom. The summed E-state index contributed by atoms with van der Waals surface area (Å²) in [6.45, 7) is 4.37. The summed E-state index contributed by atoms with van der Waals surface area (Å²) in [5, 5.41) is 7.21. The summed E-state index contributed by atoms with van der Waals surface area (Å²) in [4.78, 5) is 19.5. The second-order valence-electron chi connectivity index (χ2n) is 8.82. The molecule has 1 atom stereocenters. The Morgan fingerprint density at radius 2 is 1.78 bits per heavy atom. The van der Waals surface area contributed by atoms with Gasteiger partial charge in [0.1, 0.15) is 0 Å². The molecule has 3 aromatic carbocycles. The third-order valence-corrected chi connectivity index (χ3v) is 6.57. The molecule has 1 aliphatic heterocycles. The molecule has 0 spiro atoms. The van der Waals surface area contributed by atoms with E-state index in [-0.39, 0.29) is 23.5 Å². The van der Waals surface area contributed by atoms with Crippen LogP contribution in [0, 0.1) is 5.82 Å². The summed E-state index contributed by atoms with van der Waals surface area (Å²) in [5.74, 6) is 0.105. The highest BCUT2D eigenvalue weighted by molar-refractivity contribution is 5.86. The zero-order valence-corrected chi connectivity index (χ0v) is 20.9. The van der Waals surface area contributed by atoms with Crippen LogP contribution in [0.5, 0.6) is 5.75 Å². The van der Waals surface area contributed by atoms with Crippen LogP contribution in [0.4, 0.5) is 9.18 Å². The summed E-state index contributed by atoms with van der Waals surface area (Å²) in [5.41, 5.74) is 4.96. The molecular formula is C29H27FN4O3. The van der Waals surface area contributed by atoms with Crippen LogP contribution in [0.3, 0.4) is 0 Å². The first-order valence-corrected chi connectivity index (χ1v) is 12.1. The van der Waals surface area contributed by atoms with E-state index in [0.717, 1.165) is 17.5 Å². The first kappa shape index (κ1) is 24.2. The molecule has 5 rings (SSSR count). The molecule has 4 aromatic rings. The second kappa shape index (κ2) is 10.3. The molecule has 2 heterocycles. The van der Waals surface area contributed by atoms with Crippen LogP contribution in [0.1, 0.15) is 42.5 Å². The number of rotatable bonds is 7. The van der Waals surface area contributed by atoms with Gasteiger partial charge in [-0.25, -0.2) is 9.18 Å². The molecule has 8 heteroatoms. The Balaban J connectivity index is 1.56. The van der Waals surface area contributed by atoms with Crippen molar-refractivity contribution in [3.05, 3.63) is 107 Å². The van der Waals surface area contributed by atoms with E-state index in [0.29, 0.717) is 23.4 Å². The molecule has 1 unspecified atom stereocenters. The quantitative estimate of drug-likeness (QED) is 0.331. The lowest BCUT2D eigenvalue weighted by Crippen LogP contribution is -2.45. The van der Waals surface area contributed by atoms with Gasteiger partial charge < -0.3 is 14.6 Å². The summed E-state index contributed by atoms with van der Waals surface area (Å²) in [6, 6.07) is 21.6. The predicted molar refractivity (Wildman–Crippen MR) is 138 cm³/mol. The SMILES string of the molecule is CCc1ccc(CN2C(=O)NC(c3ccccc3)C(c3nc(-c4ccc(OC)c(F)c4)no3)=C2C)cc1. The van der Waals surface area contributed by atoms with Crippen LogP contribution >= 0.6 is 0 Å². The maximum Gasteiger partial charge on any atom is 0.322 e. The summed E-state index contributed by atoms with van der Waals surface area (Å²) in [6.07, 6.45) is 0.948. The number of allylic oxidation sites excluding steroid dienone is 1. The van der Waals surface area contributed by atoms with Gasteiger partial charge in [-0.05, 0) is 48.2 Å². The number of ether oxygens (including phenoxy) is 1. The van der Waals surface area contributed by atoms with E-state index in [1.807, 2.05) is 49.4 Å².